The number of fused-ring (bicyclic) bond motifs is 1. The van der Waals surface area contributed by atoms with Gasteiger partial charge in [-0.25, -0.2) is 0 Å². The van der Waals surface area contributed by atoms with E-state index in [-0.39, 0.29) is 24.0 Å². The Bertz CT molecular complexity index is 373. The molecule has 0 aromatic carbocycles. The third kappa shape index (κ3) is 5.73. The molecule has 1 N–H and O–H groups in total. The second kappa shape index (κ2) is 10.8. The van der Waals surface area contributed by atoms with E-state index in [1.165, 1.54) is 58.2 Å². The molecule has 2 saturated heterocycles. The van der Waals surface area contributed by atoms with Gasteiger partial charge in [0.1, 0.15) is 0 Å². The Balaban J connectivity index is 0.00000208. The fourth-order valence-electron chi connectivity index (χ4n) is 4.40. The van der Waals surface area contributed by atoms with Gasteiger partial charge < -0.3 is 15.0 Å². The molecular weight excluding hydrogens is 415 g/mol. The molecule has 0 bridgehead atoms. The van der Waals surface area contributed by atoms with E-state index in [9.17, 15) is 0 Å². The number of aliphatic imine (C=N–C) groups is 1. The van der Waals surface area contributed by atoms with Crippen molar-refractivity contribution in [1.82, 2.24) is 15.1 Å². The molecule has 0 amide bonds. The lowest BCUT2D eigenvalue weighted by Gasteiger charge is -2.26. The Morgan fingerprint density at radius 1 is 1.08 bits per heavy atom. The highest BCUT2D eigenvalue weighted by Gasteiger charge is 2.35. The molecule has 24 heavy (non-hydrogen) atoms. The molecule has 3 aliphatic rings. The lowest BCUT2D eigenvalue weighted by Crippen LogP contribution is -2.41. The van der Waals surface area contributed by atoms with Crippen molar-refractivity contribution < 1.29 is 4.74 Å². The van der Waals surface area contributed by atoms with E-state index in [1.807, 2.05) is 7.05 Å². The summed E-state index contributed by atoms with van der Waals surface area (Å²) >= 11 is 0. The predicted octanol–water partition coefficient (Wildman–Crippen LogP) is 2.41. The quantitative estimate of drug-likeness (QED) is 0.302. The largest absolute Gasteiger partial charge is 0.379 e. The van der Waals surface area contributed by atoms with E-state index in [0.717, 1.165) is 50.6 Å². The Labute approximate surface area is 164 Å². The van der Waals surface area contributed by atoms with Gasteiger partial charge in [-0.15, -0.1) is 24.0 Å². The highest BCUT2D eigenvalue weighted by molar-refractivity contribution is 14.0. The first-order valence-electron chi connectivity index (χ1n) is 9.62. The van der Waals surface area contributed by atoms with Crippen LogP contribution in [-0.2, 0) is 4.74 Å². The van der Waals surface area contributed by atoms with E-state index in [0.29, 0.717) is 0 Å². The minimum absolute atomic E-state index is 0. The van der Waals surface area contributed by atoms with Gasteiger partial charge in [0.15, 0.2) is 5.96 Å². The standard InChI is InChI=1S/C18H34N4O.HI/c1-19-18(22-14-16-6-2-3-7-17(16)15-22)20-8-4-5-9-21-10-12-23-13-11-21;/h16-17H,2-15H2,1H3,(H,19,20);1H. The van der Waals surface area contributed by atoms with Crippen LogP contribution in [0.3, 0.4) is 0 Å². The number of morpholine rings is 1. The zero-order valence-electron chi connectivity index (χ0n) is 15.2. The van der Waals surface area contributed by atoms with Gasteiger partial charge in [-0.2, -0.15) is 0 Å². The molecule has 0 aromatic rings. The van der Waals surface area contributed by atoms with Crippen molar-refractivity contribution in [1.29, 1.82) is 0 Å². The maximum Gasteiger partial charge on any atom is 0.193 e. The topological polar surface area (TPSA) is 40.1 Å². The summed E-state index contributed by atoms with van der Waals surface area (Å²) in [7, 11) is 1.93. The van der Waals surface area contributed by atoms with Crippen LogP contribution >= 0.6 is 24.0 Å². The number of nitrogens with zero attached hydrogens (tertiary/aromatic N) is 3. The smallest absolute Gasteiger partial charge is 0.193 e. The number of guanidine groups is 1. The van der Waals surface area contributed by atoms with Crippen molar-refractivity contribution in [2.24, 2.45) is 16.8 Å². The van der Waals surface area contributed by atoms with Crippen LogP contribution < -0.4 is 5.32 Å². The number of hydrogen-bond donors (Lipinski definition) is 1. The van der Waals surface area contributed by atoms with Crippen molar-refractivity contribution in [2.75, 3.05) is 59.5 Å². The van der Waals surface area contributed by atoms with Gasteiger partial charge in [0, 0.05) is 39.8 Å². The van der Waals surface area contributed by atoms with Crippen LogP contribution in [0.25, 0.3) is 0 Å². The minimum atomic E-state index is 0. The number of ether oxygens (including phenoxy) is 1. The molecule has 1 aliphatic carbocycles. The Hall–Kier alpha value is -0.0800. The summed E-state index contributed by atoms with van der Waals surface area (Å²) in [6.07, 6.45) is 8.20. The third-order valence-corrected chi connectivity index (χ3v) is 5.78. The van der Waals surface area contributed by atoms with Crippen molar-refractivity contribution in [3.63, 3.8) is 0 Å². The average molecular weight is 450 g/mol. The van der Waals surface area contributed by atoms with Crippen molar-refractivity contribution >= 4 is 29.9 Å². The zero-order chi connectivity index (χ0) is 15.9. The molecule has 3 rings (SSSR count). The summed E-state index contributed by atoms with van der Waals surface area (Å²) in [6.45, 7) is 8.71. The fraction of sp³-hybridized carbons (Fsp3) is 0.944. The molecule has 0 spiro atoms. The zero-order valence-corrected chi connectivity index (χ0v) is 17.5. The van der Waals surface area contributed by atoms with Crippen LogP contribution in [0.4, 0.5) is 0 Å². The van der Waals surface area contributed by atoms with Gasteiger partial charge in [-0.05, 0) is 44.1 Å². The average Bonchev–Trinajstić information content (AvgIpc) is 3.03. The van der Waals surface area contributed by atoms with Gasteiger partial charge in [-0.1, -0.05) is 12.8 Å². The SMILES string of the molecule is CN=C(NCCCCN1CCOCC1)N1CC2CCCCC2C1.I. The highest BCUT2D eigenvalue weighted by Crippen LogP contribution is 2.35. The maximum atomic E-state index is 5.40. The summed E-state index contributed by atoms with van der Waals surface area (Å²) in [5.74, 6) is 2.97. The van der Waals surface area contributed by atoms with Crippen LogP contribution in [0.1, 0.15) is 38.5 Å². The van der Waals surface area contributed by atoms with E-state index in [2.05, 4.69) is 20.1 Å². The Morgan fingerprint density at radius 2 is 1.75 bits per heavy atom. The van der Waals surface area contributed by atoms with E-state index >= 15 is 0 Å². The van der Waals surface area contributed by atoms with Crippen LogP contribution in [-0.4, -0.2) is 75.3 Å². The normalized spacial score (nSPS) is 28.4. The number of unbranched alkanes of at least 4 members (excludes halogenated alkanes) is 1. The molecule has 2 aliphatic heterocycles. The third-order valence-electron chi connectivity index (χ3n) is 5.78. The lowest BCUT2D eigenvalue weighted by atomic mass is 9.82. The lowest BCUT2D eigenvalue weighted by molar-refractivity contribution is 0.0372. The first-order chi connectivity index (χ1) is 11.4. The molecule has 2 atom stereocenters. The van der Waals surface area contributed by atoms with Crippen molar-refractivity contribution in [3.05, 3.63) is 0 Å². The molecule has 5 nitrogen and oxygen atoms in total. The first kappa shape index (κ1) is 20.2. The van der Waals surface area contributed by atoms with E-state index in [4.69, 9.17) is 4.74 Å². The van der Waals surface area contributed by atoms with E-state index < -0.39 is 0 Å². The van der Waals surface area contributed by atoms with Crippen LogP contribution in [0.15, 0.2) is 4.99 Å². The summed E-state index contributed by atoms with van der Waals surface area (Å²) in [5.41, 5.74) is 0. The Morgan fingerprint density at radius 3 is 2.38 bits per heavy atom. The number of nitrogens with one attached hydrogen (secondary N) is 1. The summed E-state index contributed by atoms with van der Waals surface area (Å²) in [4.78, 5) is 9.54. The molecule has 2 heterocycles. The fourth-order valence-corrected chi connectivity index (χ4v) is 4.40. The number of halogens is 1. The van der Waals surface area contributed by atoms with E-state index in [1.54, 1.807) is 0 Å². The van der Waals surface area contributed by atoms with Gasteiger partial charge in [0.25, 0.3) is 0 Å². The van der Waals surface area contributed by atoms with Gasteiger partial charge in [0.2, 0.25) is 0 Å². The molecule has 0 radical (unpaired) electrons. The molecule has 6 heteroatoms. The minimum Gasteiger partial charge on any atom is -0.379 e. The highest BCUT2D eigenvalue weighted by atomic mass is 127. The molecule has 2 unspecified atom stereocenters. The molecule has 1 saturated carbocycles. The van der Waals surface area contributed by atoms with Gasteiger partial charge in [0.05, 0.1) is 13.2 Å². The van der Waals surface area contributed by atoms with Crippen LogP contribution in [0.5, 0.6) is 0 Å². The summed E-state index contributed by atoms with van der Waals surface area (Å²) in [5, 5.41) is 3.59. The van der Waals surface area contributed by atoms with Gasteiger partial charge in [-0.3, -0.25) is 9.89 Å². The second-order valence-corrected chi connectivity index (χ2v) is 7.34. The molecule has 0 aromatic heterocycles. The summed E-state index contributed by atoms with van der Waals surface area (Å²) < 4.78 is 5.40. The monoisotopic (exact) mass is 450 g/mol. The van der Waals surface area contributed by atoms with Gasteiger partial charge >= 0.3 is 0 Å². The van der Waals surface area contributed by atoms with Crippen molar-refractivity contribution in [3.8, 4) is 0 Å². The van der Waals surface area contributed by atoms with Crippen molar-refractivity contribution in [2.45, 2.75) is 38.5 Å². The number of rotatable bonds is 5. The van der Waals surface area contributed by atoms with Crippen LogP contribution in [0, 0.1) is 11.8 Å². The summed E-state index contributed by atoms with van der Waals surface area (Å²) in [6, 6.07) is 0. The molecular formula is C18H35IN4O. The molecule has 140 valence electrons. The maximum absolute atomic E-state index is 5.40. The Kier molecular flexibility index (Phi) is 9.11. The molecule has 3 fully saturated rings. The first-order valence-corrected chi connectivity index (χ1v) is 9.62. The van der Waals surface area contributed by atoms with Crippen LogP contribution in [0.2, 0.25) is 0 Å². The predicted molar refractivity (Wildman–Crippen MR) is 110 cm³/mol. The number of hydrogen-bond acceptors (Lipinski definition) is 3. The number of likely N-dealkylation sites (tertiary alicyclic amines) is 1. The second-order valence-electron chi connectivity index (χ2n) is 7.34.